The van der Waals surface area contributed by atoms with Crippen molar-refractivity contribution < 1.29 is 17.9 Å². The van der Waals surface area contributed by atoms with Crippen molar-refractivity contribution in [3.8, 4) is 11.6 Å². The normalized spacial score (nSPS) is 15.1. The molecule has 3 heterocycles. The molecule has 3 aromatic rings. The fourth-order valence-electron chi connectivity index (χ4n) is 3.36. The van der Waals surface area contributed by atoms with Gasteiger partial charge in [0.2, 0.25) is 10.0 Å². The minimum Gasteiger partial charge on any atom is -0.496 e. The Bertz CT molecular complexity index is 1170. The highest BCUT2D eigenvalue weighted by Gasteiger charge is 2.30. The molecule has 31 heavy (non-hydrogen) atoms. The van der Waals surface area contributed by atoms with Gasteiger partial charge in [-0.1, -0.05) is 0 Å². The lowest BCUT2D eigenvalue weighted by atomic mass is 10.2. The first-order valence-electron chi connectivity index (χ1n) is 9.47. The standard InChI is InChI=1S/C19H21N7O4S/c1-30-16-4-3-14(13-15(16)19(20)27)31(28,29)25-11-9-24(10-12-25)17-5-6-18(23-22-17)26-8-2-7-21-26/h2-8,13H,9-12H2,1H3,(H2,20,27). The molecule has 4 rings (SSSR count). The summed E-state index contributed by atoms with van der Waals surface area (Å²) >= 11 is 0. The number of sulfonamides is 1. The van der Waals surface area contributed by atoms with Crippen LogP contribution < -0.4 is 15.4 Å². The highest BCUT2D eigenvalue weighted by atomic mass is 32.2. The number of piperazine rings is 1. The predicted octanol–water partition coefficient (Wildman–Crippen LogP) is 0.281. The number of rotatable bonds is 6. The van der Waals surface area contributed by atoms with E-state index in [1.54, 1.807) is 29.2 Å². The van der Waals surface area contributed by atoms with Crippen molar-refractivity contribution in [2.24, 2.45) is 5.73 Å². The lowest BCUT2D eigenvalue weighted by Gasteiger charge is -2.34. The fraction of sp³-hybridized carbons (Fsp3) is 0.263. The monoisotopic (exact) mass is 443 g/mol. The molecule has 0 radical (unpaired) electrons. The van der Waals surface area contributed by atoms with Crippen molar-refractivity contribution in [3.63, 3.8) is 0 Å². The van der Waals surface area contributed by atoms with Gasteiger partial charge in [-0.15, -0.1) is 10.2 Å². The number of nitrogens with two attached hydrogens (primary N) is 1. The van der Waals surface area contributed by atoms with Crippen LogP contribution in [0.1, 0.15) is 10.4 Å². The molecule has 11 nitrogen and oxygen atoms in total. The average Bonchev–Trinajstić information content (AvgIpc) is 3.34. The number of carbonyl (C=O) groups is 1. The Morgan fingerprint density at radius 3 is 2.35 bits per heavy atom. The number of amides is 1. The van der Waals surface area contributed by atoms with Crippen molar-refractivity contribution >= 4 is 21.7 Å². The molecule has 1 aromatic carbocycles. The highest BCUT2D eigenvalue weighted by molar-refractivity contribution is 7.89. The van der Waals surface area contributed by atoms with Crippen molar-refractivity contribution in [2.45, 2.75) is 4.90 Å². The Labute approximate surface area is 179 Å². The quantitative estimate of drug-likeness (QED) is 0.574. The summed E-state index contributed by atoms with van der Waals surface area (Å²) in [6.07, 6.45) is 3.43. The molecule has 1 saturated heterocycles. The second-order valence-electron chi connectivity index (χ2n) is 6.82. The zero-order valence-electron chi connectivity index (χ0n) is 16.7. The molecule has 0 bridgehead atoms. The molecule has 0 aliphatic carbocycles. The van der Waals surface area contributed by atoms with E-state index in [0.717, 1.165) is 0 Å². The van der Waals surface area contributed by atoms with Crippen molar-refractivity contribution in [2.75, 3.05) is 38.2 Å². The Morgan fingerprint density at radius 2 is 1.77 bits per heavy atom. The molecular weight excluding hydrogens is 422 g/mol. The summed E-state index contributed by atoms with van der Waals surface area (Å²) in [7, 11) is -2.40. The van der Waals surface area contributed by atoms with Gasteiger partial charge < -0.3 is 15.4 Å². The number of ether oxygens (including phenoxy) is 1. The minimum absolute atomic E-state index is 0.00100. The Hall–Kier alpha value is -3.51. The summed E-state index contributed by atoms with van der Waals surface area (Å²) in [6.45, 7) is 1.44. The molecule has 1 fully saturated rings. The number of benzene rings is 1. The first kappa shape index (κ1) is 20.8. The topological polar surface area (TPSA) is 137 Å². The number of hydrogen-bond acceptors (Lipinski definition) is 8. The van der Waals surface area contributed by atoms with Crippen LogP contribution in [0.3, 0.4) is 0 Å². The van der Waals surface area contributed by atoms with Crippen molar-refractivity contribution in [1.82, 2.24) is 24.3 Å². The molecule has 1 amide bonds. The van der Waals surface area contributed by atoms with E-state index < -0.39 is 15.9 Å². The van der Waals surface area contributed by atoms with Gasteiger partial charge in [0.05, 0.1) is 17.6 Å². The average molecular weight is 443 g/mol. The summed E-state index contributed by atoms with van der Waals surface area (Å²) in [4.78, 5) is 13.6. The van der Waals surface area contributed by atoms with Crippen LogP contribution in [0.25, 0.3) is 5.82 Å². The van der Waals surface area contributed by atoms with E-state index in [1.807, 2.05) is 11.0 Å². The van der Waals surface area contributed by atoms with Gasteiger partial charge in [0.25, 0.3) is 5.91 Å². The third kappa shape index (κ3) is 4.07. The number of primary amides is 1. The van der Waals surface area contributed by atoms with E-state index in [4.69, 9.17) is 10.5 Å². The van der Waals surface area contributed by atoms with E-state index in [1.165, 1.54) is 29.6 Å². The van der Waals surface area contributed by atoms with E-state index >= 15 is 0 Å². The SMILES string of the molecule is COc1ccc(S(=O)(=O)N2CCN(c3ccc(-n4cccn4)nn3)CC2)cc1C(N)=O. The Balaban J connectivity index is 1.47. The van der Waals surface area contributed by atoms with Crippen LogP contribution in [0, 0.1) is 0 Å². The van der Waals surface area contributed by atoms with E-state index in [2.05, 4.69) is 15.3 Å². The zero-order chi connectivity index (χ0) is 22.0. The third-order valence-electron chi connectivity index (χ3n) is 5.01. The maximum Gasteiger partial charge on any atom is 0.252 e. The van der Waals surface area contributed by atoms with Crippen LogP contribution in [-0.4, -0.2) is 71.9 Å². The Morgan fingerprint density at radius 1 is 1.06 bits per heavy atom. The summed E-state index contributed by atoms with van der Waals surface area (Å²) in [6, 6.07) is 9.53. The van der Waals surface area contributed by atoms with Crippen molar-refractivity contribution in [3.05, 3.63) is 54.4 Å². The van der Waals surface area contributed by atoms with Crippen LogP contribution in [0.5, 0.6) is 5.75 Å². The maximum atomic E-state index is 13.1. The van der Waals surface area contributed by atoms with Gasteiger partial charge in [-0.05, 0) is 36.4 Å². The number of methoxy groups -OCH3 is 1. The molecule has 0 saturated carbocycles. The summed E-state index contributed by atoms with van der Waals surface area (Å²) < 4.78 is 34.2. The molecule has 12 heteroatoms. The van der Waals surface area contributed by atoms with E-state index in [9.17, 15) is 13.2 Å². The molecule has 2 N–H and O–H groups in total. The van der Waals surface area contributed by atoms with Gasteiger partial charge >= 0.3 is 0 Å². The smallest absolute Gasteiger partial charge is 0.252 e. The molecule has 0 atom stereocenters. The van der Waals surface area contributed by atoms with Crippen molar-refractivity contribution in [1.29, 1.82) is 0 Å². The molecule has 0 spiro atoms. The minimum atomic E-state index is -3.79. The summed E-state index contributed by atoms with van der Waals surface area (Å²) in [5, 5.41) is 12.5. The lowest BCUT2D eigenvalue weighted by molar-refractivity contribution is 0.0997. The molecule has 0 unspecified atom stereocenters. The predicted molar refractivity (Wildman–Crippen MR) is 112 cm³/mol. The number of nitrogens with zero attached hydrogens (tertiary/aromatic N) is 6. The molecule has 1 aliphatic rings. The third-order valence-corrected chi connectivity index (χ3v) is 6.91. The largest absolute Gasteiger partial charge is 0.496 e. The first-order chi connectivity index (χ1) is 14.9. The number of anilines is 1. The van der Waals surface area contributed by atoms with Crippen LogP contribution in [0.15, 0.2) is 53.7 Å². The molecular formula is C19H21N7O4S. The first-order valence-corrected chi connectivity index (χ1v) is 10.9. The second kappa shape index (κ2) is 8.32. The van der Waals surface area contributed by atoms with Crippen LogP contribution in [0.2, 0.25) is 0 Å². The van der Waals surface area contributed by atoms with Crippen LogP contribution in [0.4, 0.5) is 5.82 Å². The fourth-order valence-corrected chi connectivity index (χ4v) is 4.81. The van der Waals surface area contributed by atoms with Gasteiger partial charge in [-0.25, -0.2) is 13.1 Å². The molecule has 162 valence electrons. The van der Waals surface area contributed by atoms with Crippen LogP contribution in [-0.2, 0) is 10.0 Å². The summed E-state index contributed by atoms with van der Waals surface area (Å²) in [5.74, 6) is 0.734. The van der Waals surface area contributed by atoms with Gasteiger partial charge in [-0.3, -0.25) is 4.79 Å². The number of aromatic nitrogens is 4. The van der Waals surface area contributed by atoms with E-state index in [-0.39, 0.29) is 29.3 Å². The van der Waals surface area contributed by atoms with Gasteiger partial charge in [-0.2, -0.15) is 9.40 Å². The highest BCUT2D eigenvalue weighted by Crippen LogP contribution is 2.25. The maximum absolute atomic E-state index is 13.1. The van der Waals surface area contributed by atoms with Gasteiger partial charge in [0.15, 0.2) is 11.6 Å². The Kier molecular flexibility index (Phi) is 5.57. The van der Waals surface area contributed by atoms with Gasteiger partial charge in [0, 0.05) is 38.6 Å². The van der Waals surface area contributed by atoms with E-state index in [0.29, 0.717) is 24.7 Å². The van der Waals surface area contributed by atoms with Gasteiger partial charge in [0.1, 0.15) is 5.75 Å². The molecule has 1 aliphatic heterocycles. The summed E-state index contributed by atoms with van der Waals surface area (Å²) in [5.41, 5.74) is 5.38. The lowest BCUT2D eigenvalue weighted by Crippen LogP contribution is -2.49. The number of carbonyl (C=O) groups excluding carboxylic acids is 1. The van der Waals surface area contributed by atoms with Crippen LogP contribution >= 0.6 is 0 Å². The second-order valence-corrected chi connectivity index (χ2v) is 8.76. The zero-order valence-corrected chi connectivity index (χ0v) is 17.6. The number of hydrogen-bond donors (Lipinski definition) is 1. The molecule has 2 aromatic heterocycles.